The minimum atomic E-state index is -0.960. The fourth-order valence-corrected chi connectivity index (χ4v) is 2.96. The lowest BCUT2D eigenvalue weighted by Crippen LogP contribution is -2.42. The van der Waals surface area contributed by atoms with Crippen molar-refractivity contribution < 1.29 is 14.7 Å². The van der Waals surface area contributed by atoms with Crippen molar-refractivity contribution in [1.82, 2.24) is 10.2 Å². The summed E-state index contributed by atoms with van der Waals surface area (Å²) in [5.41, 5.74) is 0. The van der Waals surface area contributed by atoms with Gasteiger partial charge in [0.2, 0.25) is 0 Å². The Kier molecular flexibility index (Phi) is 5.17. The second-order valence-corrected chi connectivity index (χ2v) is 5.88. The number of piperidine rings is 1. The first-order valence-corrected chi connectivity index (χ1v) is 7.49. The van der Waals surface area contributed by atoms with Crippen LogP contribution in [0.15, 0.2) is 18.2 Å². The van der Waals surface area contributed by atoms with Crippen LogP contribution in [-0.2, 0) is 11.3 Å². The number of nitrogens with zero attached hydrogens (tertiary/aromatic N) is 1. The Hall–Kier alpha value is -1.82. The van der Waals surface area contributed by atoms with E-state index in [1.54, 1.807) is 6.08 Å². The minimum Gasteiger partial charge on any atom is -0.478 e. The van der Waals surface area contributed by atoms with Crippen molar-refractivity contribution in [2.24, 2.45) is 0 Å². The highest BCUT2D eigenvalue weighted by Crippen LogP contribution is 2.18. The van der Waals surface area contributed by atoms with E-state index in [4.69, 9.17) is 5.11 Å². The van der Waals surface area contributed by atoms with Gasteiger partial charge in [0.05, 0.1) is 6.54 Å². The SMILES string of the molecule is O=C(O)C=Cc1ccc(CNC(=O)N2CCCCC2)s1. The molecule has 6 heteroatoms. The zero-order valence-electron chi connectivity index (χ0n) is 11.2. The Morgan fingerprint density at radius 2 is 2.05 bits per heavy atom. The van der Waals surface area contributed by atoms with E-state index >= 15 is 0 Å². The largest absolute Gasteiger partial charge is 0.478 e. The van der Waals surface area contributed by atoms with Gasteiger partial charge >= 0.3 is 12.0 Å². The molecular weight excluding hydrogens is 276 g/mol. The van der Waals surface area contributed by atoms with Crippen molar-refractivity contribution in [3.8, 4) is 0 Å². The summed E-state index contributed by atoms with van der Waals surface area (Å²) in [4.78, 5) is 26.1. The molecule has 20 heavy (non-hydrogen) atoms. The molecule has 0 aromatic carbocycles. The van der Waals surface area contributed by atoms with E-state index in [2.05, 4.69) is 5.32 Å². The second kappa shape index (κ2) is 7.09. The number of hydrogen-bond donors (Lipinski definition) is 2. The zero-order chi connectivity index (χ0) is 14.4. The van der Waals surface area contributed by atoms with E-state index in [0.717, 1.165) is 41.8 Å². The molecule has 1 saturated heterocycles. The molecule has 0 radical (unpaired) electrons. The molecule has 1 aliphatic heterocycles. The number of nitrogens with one attached hydrogen (secondary N) is 1. The number of rotatable bonds is 4. The van der Waals surface area contributed by atoms with Gasteiger partial charge in [0.25, 0.3) is 0 Å². The molecule has 0 unspecified atom stereocenters. The smallest absolute Gasteiger partial charge is 0.328 e. The molecule has 2 rings (SSSR count). The molecule has 1 aromatic rings. The first-order valence-electron chi connectivity index (χ1n) is 6.67. The van der Waals surface area contributed by atoms with Gasteiger partial charge < -0.3 is 15.3 Å². The van der Waals surface area contributed by atoms with Crippen LogP contribution in [0.2, 0.25) is 0 Å². The third kappa shape index (κ3) is 4.38. The van der Waals surface area contributed by atoms with Crippen LogP contribution >= 0.6 is 11.3 Å². The summed E-state index contributed by atoms with van der Waals surface area (Å²) in [6, 6.07) is 3.75. The van der Waals surface area contributed by atoms with Gasteiger partial charge in [0, 0.05) is 28.9 Å². The van der Waals surface area contributed by atoms with Gasteiger partial charge in [-0.25, -0.2) is 9.59 Å². The summed E-state index contributed by atoms with van der Waals surface area (Å²) < 4.78 is 0. The third-order valence-electron chi connectivity index (χ3n) is 3.13. The van der Waals surface area contributed by atoms with E-state index in [0.29, 0.717) is 6.54 Å². The Balaban J connectivity index is 1.81. The summed E-state index contributed by atoms with van der Waals surface area (Å²) in [5, 5.41) is 11.5. The maximum Gasteiger partial charge on any atom is 0.328 e. The fraction of sp³-hybridized carbons (Fsp3) is 0.429. The number of carbonyl (C=O) groups excluding carboxylic acids is 1. The average Bonchev–Trinajstić information content (AvgIpc) is 2.91. The third-order valence-corrected chi connectivity index (χ3v) is 4.18. The summed E-state index contributed by atoms with van der Waals surface area (Å²) in [6.07, 6.45) is 6.03. The Bertz CT molecular complexity index is 504. The van der Waals surface area contributed by atoms with Crippen molar-refractivity contribution in [3.05, 3.63) is 28.0 Å². The summed E-state index contributed by atoms with van der Waals surface area (Å²) >= 11 is 1.48. The molecule has 108 valence electrons. The number of thiophene rings is 1. The van der Waals surface area contributed by atoms with E-state index in [9.17, 15) is 9.59 Å². The van der Waals surface area contributed by atoms with Crippen LogP contribution in [0.1, 0.15) is 29.0 Å². The number of likely N-dealkylation sites (tertiary alicyclic amines) is 1. The lowest BCUT2D eigenvalue weighted by atomic mass is 10.1. The zero-order valence-corrected chi connectivity index (χ0v) is 12.0. The molecule has 5 nitrogen and oxygen atoms in total. The predicted octanol–water partition coefficient (Wildman–Crippen LogP) is 2.54. The molecule has 1 aliphatic rings. The van der Waals surface area contributed by atoms with Gasteiger partial charge in [-0.2, -0.15) is 0 Å². The first kappa shape index (κ1) is 14.6. The van der Waals surface area contributed by atoms with Crippen LogP contribution in [0.5, 0.6) is 0 Å². The minimum absolute atomic E-state index is 0.0132. The molecule has 2 N–H and O–H groups in total. The van der Waals surface area contributed by atoms with Gasteiger partial charge in [0.15, 0.2) is 0 Å². The highest BCUT2D eigenvalue weighted by Gasteiger charge is 2.15. The Morgan fingerprint density at radius 1 is 1.30 bits per heavy atom. The molecule has 1 aromatic heterocycles. The molecule has 0 saturated carbocycles. The topological polar surface area (TPSA) is 69.6 Å². The normalized spacial score (nSPS) is 15.5. The fourth-order valence-electron chi connectivity index (χ4n) is 2.10. The maximum absolute atomic E-state index is 11.9. The molecule has 0 bridgehead atoms. The van der Waals surface area contributed by atoms with Crippen LogP contribution in [0.25, 0.3) is 6.08 Å². The van der Waals surface area contributed by atoms with Crippen LogP contribution in [0.3, 0.4) is 0 Å². The molecular formula is C14H18N2O3S. The average molecular weight is 294 g/mol. The van der Waals surface area contributed by atoms with Crippen molar-refractivity contribution in [1.29, 1.82) is 0 Å². The van der Waals surface area contributed by atoms with Crippen LogP contribution in [0.4, 0.5) is 4.79 Å². The van der Waals surface area contributed by atoms with Gasteiger partial charge in [-0.1, -0.05) is 0 Å². The molecule has 2 heterocycles. The molecule has 0 spiro atoms. The Labute approximate surface area is 121 Å². The highest BCUT2D eigenvalue weighted by atomic mass is 32.1. The number of aliphatic carboxylic acids is 1. The summed E-state index contributed by atoms with van der Waals surface area (Å²) in [7, 11) is 0. The first-order chi connectivity index (χ1) is 9.65. The van der Waals surface area contributed by atoms with Crippen molar-refractivity contribution in [2.45, 2.75) is 25.8 Å². The summed E-state index contributed by atoms with van der Waals surface area (Å²) in [5.74, 6) is -0.960. The monoisotopic (exact) mass is 294 g/mol. The van der Waals surface area contributed by atoms with E-state index in [1.165, 1.54) is 17.8 Å². The lowest BCUT2D eigenvalue weighted by Gasteiger charge is -2.26. The maximum atomic E-state index is 11.9. The Morgan fingerprint density at radius 3 is 2.75 bits per heavy atom. The predicted molar refractivity (Wildman–Crippen MR) is 78.6 cm³/mol. The van der Waals surface area contributed by atoms with Crippen molar-refractivity contribution in [2.75, 3.05) is 13.1 Å². The van der Waals surface area contributed by atoms with Gasteiger partial charge in [0.1, 0.15) is 0 Å². The van der Waals surface area contributed by atoms with Gasteiger partial charge in [-0.15, -0.1) is 11.3 Å². The molecule has 0 atom stereocenters. The van der Waals surface area contributed by atoms with E-state index < -0.39 is 5.97 Å². The van der Waals surface area contributed by atoms with Gasteiger partial charge in [-0.05, 0) is 37.5 Å². The number of hydrogen-bond acceptors (Lipinski definition) is 3. The van der Waals surface area contributed by atoms with E-state index in [-0.39, 0.29) is 6.03 Å². The van der Waals surface area contributed by atoms with E-state index in [1.807, 2.05) is 17.0 Å². The number of carboxylic acids is 1. The molecule has 1 fully saturated rings. The number of carbonyl (C=O) groups is 2. The van der Waals surface area contributed by atoms with Crippen molar-refractivity contribution >= 4 is 29.4 Å². The van der Waals surface area contributed by atoms with Crippen LogP contribution in [0, 0.1) is 0 Å². The highest BCUT2D eigenvalue weighted by molar-refractivity contribution is 7.12. The summed E-state index contributed by atoms with van der Waals surface area (Å²) in [6.45, 7) is 2.16. The quantitative estimate of drug-likeness (QED) is 0.838. The van der Waals surface area contributed by atoms with Crippen molar-refractivity contribution in [3.63, 3.8) is 0 Å². The lowest BCUT2D eigenvalue weighted by molar-refractivity contribution is -0.131. The standard InChI is InChI=1S/C14H18N2O3S/c17-13(18)7-6-11-4-5-12(20-11)10-15-14(19)16-8-2-1-3-9-16/h4-7H,1-3,8-10H2,(H,15,19)(H,17,18). The number of urea groups is 1. The van der Waals surface area contributed by atoms with Gasteiger partial charge in [-0.3, -0.25) is 0 Å². The number of carboxylic acid groups (broad SMARTS) is 1. The van der Waals surface area contributed by atoms with Crippen LogP contribution in [-0.4, -0.2) is 35.1 Å². The molecule has 2 amide bonds. The molecule has 0 aliphatic carbocycles. The van der Waals surface area contributed by atoms with Crippen LogP contribution < -0.4 is 5.32 Å². The second-order valence-electron chi connectivity index (χ2n) is 4.68. The number of amides is 2.